The van der Waals surface area contributed by atoms with Crippen molar-refractivity contribution in [3.63, 3.8) is 0 Å². The summed E-state index contributed by atoms with van der Waals surface area (Å²) >= 11 is 1.56. The Bertz CT molecular complexity index is 1140. The number of carbonyl (C=O) groups is 1. The molecule has 0 unspecified atom stereocenters. The van der Waals surface area contributed by atoms with Crippen LogP contribution in [0.1, 0.15) is 15.9 Å². The van der Waals surface area contributed by atoms with Crippen LogP contribution in [0.4, 0.5) is 0 Å². The maximum atomic E-state index is 13.0. The molecule has 5 rings (SSSR count). The van der Waals surface area contributed by atoms with E-state index in [4.69, 9.17) is 14.5 Å². The number of carbonyl (C=O) groups excluding carboxylic acids is 1. The maximum Gasteiger partial charge on any atom is 0.257 e. The van der Waals surface area contributed by atoms with Gasteiger partial charge in [-0.1, -0.05) is 23.4 Å². The molecule has 0 atom stereocenters. The number of thioether (sulfide) groups is 1. The Hall–Kier alpha value is -3.06. The molecular weight excluding hydrogens is 374 g/mol. The summed E-state index contributed by atoms with van der Waals surface area (Å²) < 4.78 is 10.9. The van der Waals surface area contributed by atoms with Crippen molar-refractivity contribution in [1.29, 1.82) is 0 Å². The lowest BCUT2D eigenvalue weighted by Gasteiger charge is -2.11. The largest absolute Gasteiger partial charge is 0.454 e. The molecule has 140 valence electrons. The number of aliphatic imine (C=N–C) groups is 1. The highest BCUT2D eigenvalue weighted by Gasteiger charge is 2.19. The highest BCUT2D eigenvalue weighted by Crippen LogP contribution is 2.36. The molecule has 0 fully saturated rings. The van der Waals surface area contributed by atoms with Crippen molar-refractivity contribution in [2.45, 2.75) is 6.92 Å². The number of hydrogen-bond acceptors (Lipinski definition) is 6. The second kappa shape index (κ2) is 6.83. The Morgan fingerprint density at radius 3 is 2.86 bits per heavy atom. The van der Waals surface area contributed by atoms with Crippen LogP contribution in [0.5, 0.6) is 11.5 Å². The predicted octanol–water partition coefficient (Wildman–Crippen LogP) is 3.77. The Morgan fingerprint density at radius 2 is 2.00 bits per heavy atom. The van der Waals surface area contributed by atoms with Gasteiger partial charge < -0.3 is 14.8 Å². The van der Waals surface area contributed by atoms with Crippen LogP contribution < -0.4 is 14.8 Å². The Morgan fingerprint density at radius 1 is 1.11 bits per heavy atom. The molecule has 0 saturated carbocycles. The molecule has 2 aliphatic rings. The highest BCUT2D eigenvalue weighted by molar-refractivity contribution is 8.14. The van der Waals surface area contributed by atoms with Crippen molar-refractivity contribution in [2.75, 3.05) is 19.1 Å². The number of amides is 1. The van der Waals surface area contributed by atoms with E-state index in [1.54, 1.807) is 11.8 Å². The van der Waals surface area contributed by atoms with Gasteiger partial charge in [0.1, 0.15) is 0 Å². The van der Waals surface area contributed by atoms with Gasteiger partial charge in [0.2, 0.25) is 6.79 Å². The van der Waals surface area contributed by atoms with Gasteiger partial charge in [0.15, 0.2) is 16.7 Å². The van der Waals surface area contributed by atoms with Crippen LogP contribution in [-0.4, -0.2) is 35.1 Å². The van der Waals surface area contributed by atoms with Crippen LogP contribution in [0.3, 0.4) is 0 Å². The number of pyridine rings is 1. The van der Waals surface area contributed by atoms with Gasteiger partial charge in [0.25, 0.3) is 5.91 Å². The first-order valence-corrected chi connectivity index (χ1v) is 9.96. The van der Waals surface area contributed by atoms with Gasteiger partial charge >= 0.3 is 0 Å². The van der Waals surface area contributed by atoms with Crippen molar-refractivity contribution < 1.29 is 14.3 Å². The molecule has 1 amide bonds. The van der Waals surface area contributed by atoms with Crippen LogP contribution in [0.2, 0.25) is 0 Å². The molecule has 3 heterocycles. The number of ether oxygens (including phenoxy) is 2. The monoisotopic (exact) mass is 391 g/mol. The highest BCUT2D eigenvalue weighted by atomic mass is 32.2. The molecule has 2 aliphatic heterocycles. The van der Waals surface area contributed by atoms with Crippen LogP contribution in [0, 0.1) is 6.92 Å². The molecule has 0 bridgehead atoms. The fraction of sp³-hybridized carbons (Fsp3) is 0.190. The van der Waals surface area contributed by atoms with Crippen LogP contribution in [0.15, 0.2) is 47.5 Å². The molecule has 1 aromatic heterocycles. The summed E-state index contributed by atoms with van der Waals surface area (Å²) in [6.45, 7) is 2.96. The zero-order chi connectivity index (χ0) is 19.1. The lowest BCUT2D eigenvalue weighted by Crippen LogP contribution is -2.27. The maximum absolute atomic E-state index is 13.0. The van der Waals surface area contributed by atoms with Gasteiger partial charge in [-0.05, 0) is 43.3 Å². The summed E-state index contributed by atoms with van der Waals surface area (Å²) in [5.41, 5.74) is 4.00. The summed E-state index contributed by atoms with van der Waals surface area (Å²) in [6.07, 6.45) is 0. The zero-order valence-corrected chi connectivity index (χ0v) is 16.0. The van der Waals surface area contributed by atoms with Crippen molar-refractivity contribution in [3.8, 4) is 22.8 Å². The number of nitrogens with zero attached hydrogens (tertiary/aromatic N) is 2. The number of benzene rings is 2. The van der Waals surface area contributed by atoms with E-state index in [2.05, 4.69) is 10.3 Å². The SMILES string of the molecule is Cc1ccc2nc(-c3ccc4c(c3)OCO4)cc(C(=O)NC3=NCCS3)c2c1. The predicted molar refractivity (Wildman–Crippen MR) is 110 cm³/mol. The average Bonchev–Trinajstić information content (AvgIpc) is 3.38. The van der Waals surface area contributed by atoms with E-state index in [0.29, 0.717) is 22.2 Å². The quantitative estimate of drug-likeness (QED) is 0.720. The summed E-state index contributed by atoms with van der Waals surface area (Å²) in [4.78, 5) is 22.1. The molecule has 6 nitrogen and oxygen atoms in total. The van der Waals surface area contributed by atoms with Gasteiger partial charge in [-0.3, -0.25) is 9.79 Å². The summed E-state index contributed by atoms with van der Waals surface area (Å²) in [7, 11) is 0. The Kier molecular flexibility index (Phi) is 4.16. The molecule has 0 saturated heterocycles. The third-order valence-corrected chi connectivity index (χ3v) is 5.57. The van der Waals surface area contributed by atoms with E-state index in [1.807, 2.05) is 49.4 Å². The first kappa shape index (κ1) is 17.1. The second-order valence-electron chi connectivity index (χ2n) is 6.63. The third kappa shape index (κ3) is 3.07. The zero-order valence-electron chi connectivity index (χ0n) is 15.2. The Balaban J connectivity index is 1.62. The van der Waals surface area contributed by atoms with Crippen molar-refractivity contribution in [3.05, 3.63) is 53.6 Å². The van der Waals surface area contributed by atoms with Crippen molar-refractivity contribution >= 4 is 33.7 Å². The lowest BCUT2D eigenvalue weighted by molar-refractivity contribution is 0.0979. The molecule has 1 N–H and O–H groups in total. The van der Waals surface area contributed by atoms with E-state index in [0.717, 1.165) is 40.1 Å². The number of hydrogen-bond donors (Lipinski definition) is 1. The van der Waals surface area contributed by atoms with Crippen molar-refractivity contribution in [2.24, 2.45) is 4.99 Å². The minimum atomic E-state index is -0.173. The van der Waals surface area contributed by atoms with E-state index < -0.39 is 0 Å². The average molecular weight is 391 g/mol. The fourth-order valence-corrected chi connectivity index (χ4v) is 4.03. The van der Waals surface area contributed by atoms with Crippen LogP contribution in [-0.2, 0) is 0 Å². The number of amidine groups is 1. The minimum absolute atomic E-state index is 0.173. The third-order valence-electron chi connectivity index (χ3n) is 4.68. The molecule has 28 heavy (non-hydrogen) atoms. The second-order valence-corrected chi connectivity index (χ2v) is 7.72. The minimum Gasteiger partial charge on any atom is -0.454 e. The van der Waals surface area contributed by atoms with E-state index >= 15 is 0 Å². The summed E-state index contributed by atoms with van der Waals surface area (Å²) in [5.74, 6) is 2.13. The summed E-state index contributed by atoms with van der Waals surface area (Å²) in [6, 6.07) is 13.4. The van der Waals surface area contributed by atoms with Crippen LogP contribution in [0.25, 0.3) is 22.2 Å². The van der Waals surface area contributed by atoms with E-state index in [9.17, 15) is 4.79 Å². The van der Waals surface area contributed by atoms with Gasteiger partial charge in [-0.15, -0.1) is 0 Å². The lowest BCUT2D eigenvalue weighted by atomic mass is 10.0. The van der Waals surface area contributed by atoms with Gasteiger partial charge in [0, 0.05) is 16.7 Å². The van der Waals surface area contributed by atoms with Crippen molar-refractivity contribution in [1.82, 2.24) is 10.3 Å². The Labute approximate surface area is 166 Å². The molecule has 2 aromatic carbocycles. The van der Waals surface area contributed by atoms with Gasteiger partial charge in [-0.2, -0.15) is 0 Å². The fourth-order valence-electron chi connectivity index (χ4n) is 3.31. The number of fused-ring (bicyclic) bond motifs is 2. The number of nitrogens with one attached hydrogen (secondary N) is 1. The topological polar surface area (TPSA) is 72.8 Å². The molecular formula is C21H17N3O3S. The molecule has 7 heteroatoms. The first-order valence-electron chi connectivity index (χ1n) is 8.97. The smallest absolute Gasteiger partial charge is 0.257 e. The molecule has 0 spiro atoms. The number of aryl methyl sites for hydroxylation is 1. The molecule has 0 radical (unpaired) electrons. The first-order chi connectivity index (χ1) is 13.7. The van der Waals surface area contributed by atoms with Gasteiger partial charge in [0.05, 0.1) is 23.3 Å². The number of aromatic nitrogens is 1. The summed E-state index contributed by atoms with van der Waals surface area (Å²) in [5, 5.41) is 4.43. The molecule has 3 aromatic rings. The van der Waals surface area contributed by atoms with E-state index in [-0.39, 0.29) is 12.7 Å². The standard InChI is InChI=1S/C21H17N3O3S/c1-12-2-4-16-14(8-12)15(20(25)24-21-22-6-7-28-21)10-17(23-16)13-3-5-18-19(9-13)27-11-26-18/h2-5,8-10H,6-7,11H2,1H3,(H,22,24,25). The molecule has 0 aliphatic carbocycles. The van der Waals surface area contributed by atoms with Crippen LogP contribution >= 0.6 is 11.8 Å². The normalized spacial score (nSPS) is 15.0. The van der Waals surface area contributed by atoms with E-state index in [1.165, 1.54) is 0 Å². The number of rotatable bonds is 2. The van der Waals surface area contributed by atoms with Gasteiger partial charge in [-0.25, -0.2) is 4.98 Å².